The number of aromatic nitrogens is 1. The van der Waals surface area contributed by atoms with E-state index in [0.717, 1.165) is 35.1 Å². The average Bonchev–Trinajstić information content (AvgIpc) is 2.89. The molecular formula is C16H19BrN2O. The zero-order chi connectivity index (χ0) is 14.5. The number of rotatable bonds is 5. The second-order valence-electron chi connectivity index (χ2n) is 4.70. The van der Waals surface area contributed by atoms with E-state index < -0.39 is 0 Å². The molecule has 1 amide bonds. The highest BCUT2D eigenvalue weighted by atomic mass is 79.9. The van der Waals surface area contributed by atoms with Crippen LogP contribution in [0.2, 0.25) is 0 Å². The lowest BCUT2D eigenvalue weighted by Crippen LogP contribution is -2.17. The minimum Gasteiger partial charge on any atom is -0.344 e. The summed E-state index contributed by atoms with van der Waals surface area (Å²) in [5.41, 5.74) is 2.71. The van der Waals surface area contributed by atoms with Gasteiger partial charge in [-0.15, -0.1) is 0 Å². The molecule has 106 valence electrons. The first-order valence-electron chi connectivity index (χ1n) is 6.90. The molecule has 0 saturated heterocycles. The molecule has 0 aliphatic heterocycles. The SMILES string of the molecule is CCCn1cccc1C(=O)Nc1ccc(Br)cc1CC. The fourth-order valence-corrected chi connectivity index (χ4v) is 2.63. The normalized spacial score (nSPS) is 10.6. The second kappa shape index (κ2) is 6.75. The van der Waals surface area contributed by atoms with Crippen LogP contribution in [0.3, 0.4) is 0 Å². The molecule has 0 aliphatic rings. The molecule has 0 spiro atoms. The number of carbonyl (C=O) groups excluding carboxylic acids is 1. The van der Waals surface area contributed by atoms with E-state index in [9.17, 15) is 4.79 Å². The molecule has 1 heterocycles. The van der Waals surface area contributed by atoms with Crippen molar-refractivity contribution < 1.29 is 4.79 Å². The first-order chi connectivity index (χ1) is 9.65. The van der Waals surface area contributed by atoms with Crippen molar-refractivity contribution in [2.75, 3.05) is 5.32 Å². The molecule has 1 N–H and O–H groups in total. The maximum atomic E-state index is 12.4. The second-order valence-corrected chi connectivity index (χ2v) is 5.61. The van der Waals surface area contributed by atoms with Gasteiger partial charge in [0.05, 0.1) is 0 Å². The Morgan fingerprint density at radius 1 is 1.30 bits per heavy atom. The van der Waals surface area contributed by atoms with Gasteiger partial charge >= 0.3 is 0 Å². The lowest BCUT2D eigenvalue weighted by molar-refractivity contribution is 0.101. The molecule has 0 saturated carbocycles. The summed E-state index contributed by atoms with van der Waals surface area (Å²) in [7, 11) is 0. The van der Waals surface area contributed by atoms with Gasteiger partial charge in [-0.3, -0.25) is 4.79 Å². The zero-order valence-corrected chi connectivity index (χ0v) is 13.4. The number of amides is 1. The third kappa shape index (κ3) is 3.31. The van der Waals surface area contributed by atoms with Crippen molar-refractivity contribution in [3.63, 3.8) is 0 Å². The van der Waals surface area contributed by atoms with Crippen LogP contribution in [0.4, 0.5) is 5.69 Å². The molecule has 0 unspecified atom stereocenters. The fraction of sp³-hybridized carbons (Fsp3) is 0.312. The Balaban J connectivity index is 2.21. The third-order valence-electron chi connectivity index (χ3n) is 3.22. The van der Waals surface area contributed by atoms with Crippen molar-refractivity contribution in [1.29, 1.82) is 0 Å². The molecule has 0 atom stereocenters. The Kier molecular flexibility index (Phi) is 5.01. The van der Waals surface area contributed by atoms with Gasteiger partial charge in [0, 0.05) is 22.9 Å². The summed E-state index contributed by atoms with van der Waals surface area (Å²) in [6.07, 6.45) is 3.83. The van der Waals surface area contributed by atoms with Gasteiger partial charge in [0.15, 0.2) is 0 Å². The van der Waals surface area contributed by atoms with E-state index in [-0.39, 0.29) is 5.91 Å². The number of halogens is 1. The van der Waals surface area contributed by atoms with Crippen molar-refractivity contribution in [1.82, 2.24) is 4.57 Å². The minimum absolute atomic E-state index is 0.0551. The molecule has 0 radical (unpaired) electrons. The summed E-state index contributed by atoms with van der Waals surface area (Å²) in [5.74, 6) is -0.0551. The molecular weight excluding hydrogens is 316 g/mol. The number of anilines is 1. The molecule has 3 nitrogen and oxygen atoms in total. The predicted molar refractivity (Wildman–Crippen MR) is 86.2 cm³/mol. The summed E-state index contributed by atoms with van der Waals surface area (Å²) < 4.78 is 3.02. The van der Waals surface area contributed by atoms with E-state index in [1.54, 1.807) is 0 Å². The number of aryl methyl sites for hydroxylation is 2. The van der Waals surface area contributed by atoms with Crippen LogP contribution in [0.1, 0.15) is 36.3 Å². The molecule has 0 aliphatic carbocycles. The van der Waals surface area contributed by atoms with Crippen molar-refractivity contribution in [3.05, 3.63) is 52.3 Å². The number of nitrogens with zero attached hydrogens (tertiary/aromatic N) is 1. The lowest BCUT2D eigenvalue weighted by Gasteiger charge is -2.12. The van der Waals surface area contributed by atoms with E-state index in [1.165, 1.54) is 0 Å². The van der Waals surface area contributed by atoms with Gasteiger partial charge in [-0.2, -0.15) is 0 Å². The largest absolute Gasteiger partial charge is 0.344 e. The number of nitrogens with one attached hydrogen (secondary N) is 1. The number of hydrogen-bond acceptors (Lipinski definition) is 1. The van der Waals surface area contributed by atoms with Crippen LogP contribution in [-0.4, -0.2) is 10.5 Å². The van der Waals surface area contributed by atoms with Crippen molar-refractivity contribution in [3.8, 4) is 0 Å². The van der Waals surface area contributed by atoms with Gasteiger partial charge in [0.2, 0.25) is 0 Å². The first kappa shape index (κ1) is 14.9. The molecule has 1 aromatic carbocycles. The molecule has 2 rings (SSSR count). The van der Waals surface area contributed by atoms with Gasteiger partial charge in [-0.05, 0) is 48.7 Å². The molecule has 2 aromatic rings. The quantitative estimate of drug-likeness (QED) is 0.859. The van der Waals surface area contributed by atoms with E-state index in [4.69, 9.17) is 0 Å². The molecule has 1 aromatic heterocycles. The standard InChI is InChI=1S/C16H19BrN2O/c1-3-9-19-10-5-6-15(19)16(20)18-14-8-7-13(17)11-12(14)4-2/h5-8,10-11H,3-4,9H2,1-2H3,(H,18,20). The molecule has 0 fully saturated rings. The van der Waals surface area contributed by atoms with Crippen LogP contribution in [0.5, 0.6) is 0 Å². The van der Waals surface area contributed by atoms with Gasteiger partial charge in [-0.25, -0.2) is 0 Å². The Labute approximate surface area is 128 Å². The zero-order valence-electron chi connectivity index (χ0n) is 11.8. The Hall–Kier alpha value is -1.55. The summed E-state index contributed by atoms with van der Waals surface area (Å²) in [5, 5.41) is 3.01. The van der Waals surface area contributed by atoms with E-state index in [0.29, 0.717) is 5.69 Å². The highest BCUT2D eigenvalue weighted by molar-refractivity contribution is 9.10. The molecule has 20 heavy (non-hydrogen) atoms. The number of hydrogen-bond donors (Lipinski definition) is 1. The third-order valence-corrected chi connectivity index (χ3v) is 3.72. The van der Waals surface area contributed by atoms with Gasteiger partial charge < -0.3 is 9.88 Å². The van der Waals surface area contributed by atoms with Gasteiger partial charge in [-0.1, -0.05) is 29.8 Å². The van der Waals surface area contributed by atoms with Crippen molar-refractivity contribution in [2.45, 2.75) is 33.2 Å². The molecule has 4 heteroatoms. The van der Waals surface area contributed by atoms with Gasteiger partial charge in [0.25, 0.3) is 5.91 Å². The smallest absolute Gasteiger partial charge is 0.272 e. The number of benzene rings is 1. The highest BCUT2D eigenvalue weighted by Gasteiger charge is 2.12. The maximum Gasteiger partial charge on any atom is 0.272 e. The fourth-order valence-electron chi connectivity index (χ4n) is 2.22. The summed E-state index contributed by atoms with van der Waals surface area (Å²) >= 11 is 3.46. The van der Waals surface area contributed by atoms with Crippen LogP contribution >= 0.6 is 15.9 Å². The Bertz CT molecular complexity index is 604. The van der Waals surface area contributed by atoms with Crippen LogP contribution in [-0.2, 0) is 13.0 Å². The van der Waals surface area contributed by atoms with Gasteiger partial charge in [0.1, 0.15) is 5.69 Å². The van der Waals surface area contributed by atoms with Crippen LogP contribution in [0, 0.1) is 0 Å². The topological polar surface area (TPSA) is 34.0 Å². The van der Waals surface area contributed by atoms with Crippen molar-refractivity contribution in [2.24, 2.45) is 0 Å². The Morgan fingerprint density at radius 3 is 2.80 bits per heavy atom. The first-order valence-corrected chi connectivity index (χ1v) is 7.70. The average molecular weight is 335 g/mol. The van der Waals surface area contributed by atoms with E-state index in [1.807, 2.05) is 41.1 Å². The highest BCUT2D eigenvalue weighted by Crippen LogP contribution is 2.22. The maximum absolute atomic E-state index is 12.4. The summed E-state index contributed by atoms with van der Waals surface area (Å²) in [6, 6.07) is 9.69. The van der Waals surface area contributed by atoms with E-state index in [2.05, 4.69) is 35.1 Å². The van der Waals surface area contributed by atoms with Crippen LogP contribution < -0.4 is 5.32 Å². The lowest BCUT2D eigenvalue weighted by atomic mass is 10.1. The minimum atomic E-state index is -0.0551. The summed E-state index contributed by atoms with van der Waals surface area (Å²) in [4.78, 5) is 12.4. The summed E-state index contributed by atoms with van der Waals surface area (Å²) in [6.45, 7) is 5.04. The molecule has 0 bridgehead atoms. The van der Waals surface area contributed by atoms with Crippen LogP contribution in [0.25, 0.3) is 0 Å². The Morgan fingerprint density at radius 2 is 2.10 bits per heavy atom. The number of carbonyl (C=O) groups is 1. The van der Waals surface area contributed by atoms with E-state index >= 15 is 0 Å². The van der Waals surface area contributed by atoms with Crippen LogP contribution in [0.15, 0.2) is 41.0 Å². The monoisotopic (exact) mass is 334 g/mol. The predicted octanol–water partition coefficient (Wildman–Crippen LogP) is 4.48. The van der Waals surface area contributed by atoms with Crippen molar-refractivity contribution >= 4 is 27.5 Å².